The van der Waals surface area contributed by atoms with Crippen LogP contribution in [0.4, 0.5) is 0 Å². The maximum atomic E-state index is 12.5. The molecule has 0 saturated heterocycles. The van der Waals surface area contributed by atoms with Crippen LogP contribution in [0, 0.1) is 0 Å². The number of methoxy groups -OCH3 is 1. The van der Waals surface area contributed by atoms with Crippen molar-refractivity contribution in [1.82, 2.24) is 5.32 Å². The van der Waals surface area contributed by atoms with E-state index in [0.717, 1.165) is 43.7 Å². The number of carbonyl (C=O) groups is 1. The smallest absolute Gasteiger partial charge is 0.244 e. The second-order valence-corrected chi connectivity index (χ2v) is 9.30. The van der Waals surface area contributed by atoms with E-state index in [-0.39, 0.29) is 5.91 Å². The second kappa shape index (κ2) is 10.0. The maximum absolute atomic E-state index is 12.5. The van der Waals surface area contributed by atoms with E-state index in [0.29, 0.717) is 12.3 Å². The predicted octanol–water partition coefficient (Wildman–Crippen LogP) is 7.56. The van der Waals surface area contributed by atoms with E-state index in [1.807, 2.05) is 54.8 Å². The molecule has 2 heterocycles. The molecule has 0 fully saturated rings. The van der Waals surface area contributed by atoms with Crippen LogP contribution in [-0.2, 0) is 11.3 Å². The quantitative estimate of drug-likeness (QED) is 0.245. The van der Waals surface area contributed by atoms with Gasteiger partial charge in [-0.1, -0.05) is 60.7 Å². The fourth-order valence-corrected chi connectivity index (χ4v) is 4.79. The van der Waals surface area contributed by atoms with E-state index in [9.17, 15) is 4.79 Å². The number of nitrogens with one attached hydrogen (secondary N) is 1. The van der Waals surface area contributed by atoms with E-state index in [1.165, 1.54) is 5.56 Å². The van der Waals surface area contributed by atoms with Crippen molar-refractivity contribution in [1.29, 1.82) is 0 Å². The summed E-state index contributed by atoms with van der Waals surface area (Å²) in [6.07, 6.45) is 3.39. The molecule has 3 aromatic carbocycles. The Labute approximate surface area is 208 Å². The molecule has 5 heteroatoms. The van der Waals surface area contributed by atoms with E-state index >= 15 is 0 Å². The van der Waals surface area contributed by atoms with Crippen LogP contribution < -0.4 is 10.1 Å². The number of furan rings is 1. The molecule has 4 nitrogen and oxygen atoms in total. The number of amides is 1. The summed E-state index contributed by atoms with van der Waals surface area (Å²) in [4.78, 5) is 13.6. The van der Waals surface area contributed by atoms with Gasteiger partial charge in [0.05, 0.1) is 19.9 Å². The summed E-state index contributed by atoms with van der Waals surface area (Å²) in [7, 11) is 1.63. The summed E-state index contributed by atoms with van der Waals surface area (Å²) in [6, 6.07) is 26.7. The average Bonchev–Trinajstić information content (AvgIpc) is 3.57. The highest BCUT2D eigenvalue weighted by atomic mass is 32.1. The Balaban J connectivity index is 1.45. The van der Waals surface area contributed by atoms with Crippen molar-refractivity contribution < 1.29 is 13.9 Å². The standard InChI is InChI=1S/C30H25NO3S/c1-20(15-30(32)31-18-24-9-6-14-35-24)25-16-26-27(19-34-29(26)17-28(25)33-2)23-12-10-22(11-13-23)21-7-4-3-5-8-21/h3-17,19H,18H2,1-2H3,(H,31,32)/b20-15+. The fourth-order valence-electron chi connectivity index (χ4n) is 4.14. The van der Waals surface area contributed by atoms with Crippen LogP contribution in [-0.4, -0.2) is 13.0 Å². The molecule has 0 aliphatic rings. The lowest BCUT2D eigenvalue weighted by molar-refractivity contribution is -0.116. The molecule has 0 radical (unpaired) electrons. The minimum absolute atomic E-state index is 0.137. The highest BCUT2D eigenvalue weighted by Crippen LogP contribution is 2.38. The molecule has 35 heavy (non-hydrogen) atoms. The molecule has 0 bridgehead atoms. The van der Waals surface area contributed by atoms with Gasteiger partial charge >= 0.3 is 0 Å². The third-order valence-corrected chi connectivity index (χ3v) is 6.86. The summed E-state index contributed by atoms with van der Waals surface area (Å²) in [6.45, 7) is 2.43. The number of benzene rings is 3. The van der Waals surface area contributed by atoms with Gasteiger partial charge in [0.1, 0.15) is 11.3 Å². The molecule has 5 rings (SSSR count). The highest BCUT2D eigenvalue weighted by molar-refractivity contribution is 7.09. The van der Waals surface area contributed by atoms with Gasteiger partial charge in [-0.15, -0.1) is 11.3 Å². The zero-order valence-electron chi connectivity index (χ0n) is 19.6. The van der Waals surface area contributed by atoms with E-state index in [1.54, 1.807) is 30.8 Å². The van der Waals surface area contributed by atoms with Gasteiger partial charge in [0, 0.05) is 33.5 Å². The molecule has 0 atom stereocenters. The van der Waals surface area contributed by atoms with Crippen LogP contribution in [0.25, 0.3) is 38.8 Å². The topological polar surface area (TPSA) is 51.5 Å². The van der Waals surface area contributed by atoms with Crippen LogP contribution >= 0.6 is 11.3 Å². The molecule has 1 N–H and O–H groups in total. The Morgan fingerprint density at radius 3 is 2.43 bits per heavy atom. The number of allylic oxidation sites excluding steroid dienone is 1. The molecular weight excluding hydrogens is 454 g/mol. The summed E-state index contributed by atoms with van der Waals surface area (Å²) in [5.41, 5.74) is 6.82. The predicted molar refractivity (Wildman–Crippen MR) is 143 cm³/mol. The molecule has 2 aromatic heterocycles. The van der Waals surface area contributed by atoms with E-state index in [4.69, 9.17) is 9.15 Å². The average molecular weight is 480 g/mol. The van der Waals surface area contributed by atoms with Gasteiger partial charge < -0.3 is 14.5 Å². The van der Waals surface area contributed by atoms with Gasteiger partial charge in [0.2, 0.25) is 5.91 Å². The third kappa shape index (κ3) is 4.91. The molecule has 5 aromatic rings. The Bertz CT molecular complexity index is 1480. The number of thiophene rings is 1. The van der Waals surface area contributed by atoms with Crippen molar-refractivity contribution in [3.8, 4) is 28.0 Å². The normalized spacial score (nSPS) is 11.5. The molecular formula is C30H25NO3S. The molecule has 0 saturated carbocycles. The molecule has 0 spiro atoms. The van der Waals surface area contributed by atoms with Crippen LogP contribution in [0.2, 0.25) is 0 Å². The maximum Gasteiger partial charge on any atom is 0.244 e. The zero-order valence-corrected chi connectivity index (χ0v) is 20.4. The van der Waals surface area contributed by atoms with Gasteiger partial charge in [0.25, 0.3) is 0 Å². The van der Waals surface area contributed by atoms with Gasteiger partial charge in [0.15, 0.2) is 0 Å². The Hall–Kier alpha value is -4.09. The number of hydrogen-bond donors (Lipinski definition) is 1. The minimum atomic E-state index is -0.137. The van der Waals surface area contributed by atoms with Gasteiger partial charge in [-0.2, -0.15) is 0 Å². The first-order chi connectivity index (χ1) is 17.1. The van der Waals surface area contributed by atoms with Crippen molar-refractivity contribution in [3.63, 3.8) is 0 Å². The van der Waals surface area contributed by atoms with Gasteiger partial charge in [-0.05, 0) is 46.7 Å². The number of hydrogen-bond acceptors (Lipinski definition) is 4. The van der Waals surface area contributed by atoms with Crippen LogP contribution in [0.15, 0.2) is 101 Å². The number of carbonyl (C=O) groups excluding carboxylic acids is 1. The molecule has 0 unspecified atom stereocenters. The first-order valence-electron chi connectivity index (χ1n) is 11.4. The molecule has 174 valence electrons. The van der Waals surface area contributed by atoms with Crippen molar-refractivity contribution in [2.45, 2.75) is 13.5 Å². The number of ether oxygens (including phenoxy) is 1. The van der Waals surface area contributed by atoms with Crippen molar-refractivity contribution in [3.05, 3.63) is 107 Å². The van der Waals surface area contributed by atoms with Crippen molar-refractivity contribution >= 4 is 33.8 Å². The summed E-state index contributed by atoms with van der Waals surface area (Å²) < 4.78 is 11.5. The number of fused-ring (bicyclic) bond motifs is 1. The van der Waals surface area contributed by atoms with Crippen molar-refractivity contribution in [2.24, 2.45) is 0 Å². The number of rotatable bonds is 7. The van der Waals surface area contributed by atoms with Gasteiger partial charge in [-0.25, -0.2) is 0 Å². The monoisotopic (exact) mass is 479 g/mol. The first-order valence-corrected chi connectivity index (χ1v) is 12.2. The first kappa shape index (κ1) is 22.7. The summed E-state index contributed by atoms with van der Waals surface area (Å²) >= 11 is 1.62. The van der Waals surface area contributed by atoms with Crippen LogP contribution in [0.5, 0.6) is 5.75 Å². The minimum Gasteiger partial charge on any atom is -0.496 e. The molecule has 0 aliphatic carbocycles. The van der Waals surface area contributed by atoms with E-state index < -0.39 is 0 Å². The fraction of sp³-hybridized carbons (Fsp3) is 0.100. The SMILES string of the molecule is COc1cc2occ(-c3ccc(-c4ccccc4)cc3)c2cc1/C(C)=C/C(=O)NCc1cccs1. The molecule has 0 aliphatic heterocycles. The second-order valence-electron chi connectivity index (χ2n) is 8.27. The summed E-state index contributed by atoms with van der Waals surface area (Å²) in [5, 5.41) is 5.92. The summed E-state index contributed by atoms with van der Waals surface area (Å²) in [5.74, 6) is 0.527. The Morgan fingerprint density at radius 2 is 1.71 bits per heavy atom. The molecule has 1 amide bonds. The van der Waals surface area contributed by atoms with Gasteiger partial charge in [-0.3, -0.25) is 4.79 Å². The lowest BCUT2D eigenvalue weighted by Gasteiger charge is -2.10. The van der Waals surface area contributed by atoms with Crippen molar-refractivity contribution in [2.75, 3.05) is 7.11 Å². The third-order valence-electron chi connectivity index (χ3n) is 5.99. The Morgan fingerprint density at radius 1 is 0.971 bits per heavy atom. The van der Waals surface area contributed by atoms with E-state index in [2.05, 4.69) is 41.7 Å². The zero-order chi connectivity index (χ0) is 24.2. The lowest BCUT2D eigenvalue weighted by atomic mass is 9.97. The largest absolute Gasteiger partial charge is 0.496 e. The highest BCUT2D eigenvalue weighted by Gasteiger charge is 2.15. The Kier molecular flexibility index (Phi) is 6.51. The lowest BCUT2D eigenvalue weighted by Crippen LogP contribution is -2.20. The van der Waals surface area contributed by atoms with Crippen LogP contribution in [0.3, 0.4) is 0 Å². The van der Waals surface area contributed by atoms with Crippen LogP contribution in [0.1, 0.15) is 17.4 Å².